The van der Waals surface area contributed by atoms with Crippen LogP contribution in [0.2, 0.25) is 0 Å². The average molecular weight is 530 g/mol. The summed E-state index contributed by atoms with van der Waals surface area (Å²) in [6, 6.07) is 35.2. The Bertz CT molecular complexity index is 2170. The Morgan fingerprint density at radius 1 is 0.488 bits per heavy atom. The lowest BCUT2D eigenvalue weighted by molar-refractivity contribution is 0.869. The Hall–Kier alpha value is -4.36. The number of aryl methyl sites for hydroxylation is 2. The number of hydrogen-bond acceptors (Lipinski definition) is 0. The Morgan fingerprint density at radius 2 is 0.976 bits per heavy atom. The Kier molecular flexibility index (Phi) is 5.11. The summed E-state index contributed by atoms with van der Waals surface area (Å²) in [5.41, 5.74) is 12.0. The predicted octanol–water partition coefficient (Wildman–Crippen LogP) is 11.7. The number of benzene rings is 6. The van der Waals surface area contributed by atoms with Gasteiger partial charge in [0.2, 0.25) is 0 Å². The van der Waals surface area contributed by atoms with E-state index in [1.165, 1.54) is 93.0 Å². The van der Waals surface area contributed by atoms with Gasteiger partial charge < -0.3 is 4.40 Å². The maximum absolute atomic E-state index is 2.54. The minimum Gasteiger partial charge on any atom is -0.308 e. The molecule has 0 radical (unpaired) electrons. The first kappa shape index (κ1) is 24.4. The third-order valence-corrected chi connectivity index (χ3v) is 9.46. The van der Waals surface area contributed by atoms with E-state index in [1.807, 2.05) is 0 Å². The van der Waals surface area contributed by atoms with Gasteiger partial charge in [0.15, 0.2) is 0 Å². The molecule has 0 fully saturated rings. The molecule has 0 aliphatic heterocycles. The van der Waals surface area contributed by atoms with Gasteiger partial charge in [-0.25, -0.2) is 0 Å². The van der Waals surface area contributed by atoms with Crippen molar-refractivity contribution in [2.24, 2.45) is 0 Å². The van der Waals surface area contributed by atoms with E-state index in [4.69, 9.17) is 0 Å². The molecule has 2 heterocycles. The molecular weight excluding hydrogens is 494 g/mol. The van der Waals surface area contributed by atoms with Crippen LogP contribution in [0, 0.1) is 13.8 Å². The molecular formula is C40H35N. The quantitative estimate of drug-likeness (QED) is 0.214. The number of fused-ring (bicyclic) bond motifs is 8. The third-order valence-electron chi connectivity index (χ3n) is 9.46. The van der Waals surface area contributed by atoms with E-state index in [1.54, 1.807) is 0 Å². The van der Waals surface area contributed by atoms with E-state index in [0.29, 0.717) is 11.8 Å². The van der Waals surface area contributed by atoms with Crippen LogP contribution in [-0.4, -0.2) is 4.40 Å². The van der Waals surface area contributed by atoms with E-state index in [2.05, 4.69) is 137 Å². The fourth-order valence-corrected chi connectivity index (χ4v) is 7.20. The van der Waals surface area contributed by atoms with Crippen LogP contribution in [0.1, 0.15) is 61.8 Å². The van der Waals surface area contributed by atoms with Gasteiger partial charge in [0.05, 0.1) is 16.6 Å². The third kappa shape index (κ3) is 3.48. The van der Waals surface area contributed by atoms with Gasteiger partial charge in [-0.3, -0.25) is 0 Å². The molecule has 41 heavy (non-hydrogen) atoms. The summed E-state index contributed by atoms with van der Waals surface area (Å²) in [6.07, 6.45) is 0. The summed E-state index contributed by atoms with van der Waals surface area (Å²) in [6.45, 7) is 13.6. The lowest BCUT2D eigenvalue weighted by Crippen LogP contribution is -1.88. The molecule has 0 bridgehead atoms. The molecule has 0 amide bonds. The largest absolute Gasteiger partial charge is 0.308 e. The van der Waals surface area contributed by atoms with Gasteiger partial charge in [-0.05, 0) is 117 Å². The molecule has 1 nitrogen and oxygen atoms in total. The van der Waals surface area contributed by atoms with Crippen molar-refractivity contribution in [1.29, 1.82) is 0 Å². The average Bonchev–Trinajstić information content (AvgIpc) is 3.44. The smallest absolute Gasteiger partial charge is 0.0620 e. The van der Waals surface area contributed by atoms with Crippen molar-refractivity contribution < 1.29 is 0 Å². The van der Waals surface area contributed by atoms with E-state index in [-0.39, 0.29) is 0 Å². The predicted molar refractivity (Wildman–Crippen MR) is 179 cm³/mol. The van der Waals surface area contributed by atoms with Crippen molar-refractivity contribution in [3.63, 3.8) is 0 Å². The molecule has 8 rings (SSSR count). The molecule has 0 saturated heterocycles. The van der Waals surface area contributed by atoms with Crippen LogP contribution in [-0.2, 0) is 0 Å². The molecule has 8 aromatic rings. The van der Waals surface area contributed by atoms with Crippen LogP contribution < -0.4 is 0 Å². The summed E-state index contributed by atoms with van der Waals surface area (Å²) in [7, 11) is 0. The summed E-state index contributed by atoms with van der Waals surface area (Å²) >= 11 is 0. The highest BCUT2D eigenvalue weighted by Crippen LogP contribution is 2.44. The second-order valence-corrected chi connectivity index (χ2v) is 12.8. The van der Waals surface area contributed by atoms with Crippen LogP contribution in [0.4, 0.5) is 0 Å². The highest BCUT2D eigenvalue weighted by atomic mass is 14.9. The zero-order chi connectivity index (χ0) is 28.2. The Labute approximate surface area is 241 Å². The van der Waals surface area contributed by atoms with E-state index >= 15 is 0 Å². The molecule has 2 aromatic heterocycles. The van der Waals surface area contributed by atoms with Crippen LogP contribution >= 0.6 is 0 Å². The van der Waals surface area contributed by atoms with Crippen molar-refractivity contribution in [3.8, 4) is 11.1 Å². The monoisotopic (exact) mass is 529 g/mol. The molecule has 0 unspecified atom stereocenters. The number of rotatable bonds is 3. The maximum atomic E-state index is 2.54. The molecule has 6 aromatic carbocycles. The van der Waals surface area contributed by atoms with Crippen molar-refractivity contribution in [3.05, 3.63) is 113 Å². The van der Waals surface area contributed by atoms with Crippen molar-refractivity contribution >= 4 is 59.6 Å². The van der Waals surface area contributed by atoms with Gasteiger partial charge in [-0.15, -0.1) is 0 Å². The minimum absolute atomic E-state index is 0.508. The molecule has 1 heteroatoms. The number of nitrogens with zero attached hydrogens (tertiary/aromatic N) is 1. The van der Waals surface area contributed by atoms with Gasteiger partial charge in [-0.2, -0.15) is 0 Å². The summed E-state index contributed by atoms with van der Waals surface area (Å²) in [5.74, 6) is 1.02. The summed E-state index contributed by atoms with van der Waals surface area (Å²) in [5, 5.41) is 10.6. The van der Waals surface area contributed by atoms with Crippen LogP contribution in [0.15, 0.2) is 91.0 Å². The molecule has 0 N–H and O–H groups in total. The van der Waals surface area contributed by atoms with Crippen molar-refractivity contribution in [1.82, 2.24) is 4.40 Å². The van der Waals surface area contributed by atoms with Gasteiger partial charge >= 0.3 is 0 Å². The first-order chi connectivity index (χ1) is 19.8. The molecule has 0 aliphatic carbocycles. The second-order valence-electron chi connectivity index (χ2n) is 12.8. The Morgan fingerprint density at radius 3 is 1.44 bits per heavy atom. The highest BCUT2D eigenvalue weighted by Gasteiger charge is 2.21. The summed E-state index contributed by atoms with van der Waals surface area (Å²) < 4.78 is 2.54. The Balaban J connectivity index is 1.57. The van der Waals surface area contributed by atoms with E-state index in [0.717, 1.165) is 0 Å². The van der Waals surface area contributed by atoms with Crippen molar-refractivity contribution in [2.45, 2.75) is 53.4 Å². The fourth-order valence-electron chi connectivity index (χ4n) is 7.20. The molecule has 0 atom stereocenters. The first-order valence-electron chi connectivity index (χ1n) is 15.0. The highest BCUT2D eigenvalue weighted by molar-refractivity contribution is 6.27. The molecule has 0 saturated carbocycles. The second kappa shape index (κ2) is 8.57. The number of aromatic nitrogens is 1. The van der Waals surface area contributed by atoms with Crippen LogP contribution in [0.25, 0.3) is 70.8 Å². The first-order valence-corrected chi connectivity index (χ1v) is 15.0. The zero-order valence-corrected chi connectivity index (χ0v) is 24.8. The lowest BCUT2D eigenvalue weighted by Gasteiger charge is -2.11. The fraction of sp³-hybridized carbons (Fsp3) is 0.200. The normalized spacial score (nSPS) is 12.6. The number of hydrogen-bond donors (Lipinski definition) is 0. The van der Waals surface area contributed by atoms with Crippen molar-refractivity contribution in [2.75, 3.05) is 0 Å². The molecule has 0 aliphatic rings. The SMILES string of the molecule is Cc1cccc(C)c1-c1cc2c3cc4cc(C(C)C)ccc4cc3n3c4cc5ccc(C(C)C)cc5cc4c(c1)c23. The van der Waals surface area contributed by atoms with Crippen LogP contribution in [0.3, 0.4) is 0 Å². The van der Waals surface area contributed by atoms with Gasteiger partial charge in [0, 0.05) is 21.5 Å². The van der Waals surface area contributed by atoms with E-state index in [9.17, 15) is 0 Å². The minimum atomic E-state index is 0.508. The zero-order valence-electron chi connectivity index (χ0n) is 24.8. The van der Waals surface area contributed by atoms with Gasteiger partial charge in [0.25, 0.3) is 0 Å². The van der Waals surface area contributed by atoms with Gasteiger partial charge in [0.1, 0.15) is 0 Å². The van der Waals surface area contributed by atoms with Crippen LogP contribution in [0.5, 0.6) is 0 Å². The molecule has 200 valence electrons. The van der Waals surface area contributed by atoms with Gasteiger partial charge in [-0.1, -0.05) is 82.3 Å². The van der Waals surface area contributed by atoms with E-state index < -0.39 is 0 Å². The lowest BCUT2D eigenvalue weighted by atomic mass is 9.92. The molecule has 0 spiro atoms. The summed E-state index contributed by atoms with van der Waals surface area (Å²) in [4.78, 5) is 0. The maximum Gasteiger partial charge on any atom is 0.0620 e. The standard InChI is InChI=1S/C40H35N/c1-22(2)26-10-12-28-20-37-33(16-30(28)14-26)35-18-32(39-24(5)8-7-9-25(39)6)19-36-34-17-31-15-27(23(3)4)11-13-29(31)21-38(34)41(37)40(35)36/h7-23H,1-6H3. The topological polar surface area (TPSA) is 4.41 Å².